The van der Waals surface area contributed by atoms with Crippen molar-refractivity contribution in [1.82, 2.24) is 15.1 Å². The van der Waals surface area contributed by atoms with Gasteiger partial charge in [-0.2, -0.15) is 0 Å². The number of hydrogen-bond donors (Lipinski definition) is 0. The third-order valence-electron chi connectivity index (χ3n) is 5.45. The molecule has 0 saturated carbocycles. The van der Waals surface area contributed by atoms with E-state index in [1.54, 1.807) is 12.1 Å². The minimum absolute atomic E-state index is 0.0200. The van der Waals surface area contributed by atoms with Gasteiger partial charge in [0.1, 0.15) is 5.75 Å². The second kappa shape index (κ2) is 9.35. The fourth-order valence-electron chi connectivity index (χ4n) is 3.50. The van der Waals surface area contributed by atoms with Gasteiger partial charge < -0.3 is 14.5 Å². The Kier molecular flexibility index (Phi) is 6.37. The van der Waals surface area contributed by atoms with Crippen LogP contribution in [0.5, 0.6) is 5.75 Å². The molecule has 0 unspecified atom stereocenters. The van der Waals surface area contributed by atoms with Crippen molar-refractivity contribution in [3.05, 3.63) is 70.7 Å². The number of ether oxygens (including phenoxy) is 1. The number of piperazine rings is 1. The summed E-state index contributed by atoms with van der Waals surface area (Å²) in [5, 5.41) is 9.47. The molecule has 6 nitrogen and oxygen atoms in total. The molecule has 0 spiro atoms. The molecule has 0 aliphatic carbocycles. The average molecular weight is 437 g/mol. The highest BCUT2D eigenvalue weighted by atomic mass is 35.5. The van der Waals surface area contributed by atoms with Gasteiger partial charge in [-0.1, -0.05) is 41.4 Å². The molecule has 1 aliphatic heterocycles. The van der Waals surface area contributed by atoms with Gasteiger partial charge in [0, 0.05) is 36.8 Å². The summed E-state index contributed by atoms with van der Waals surface area (Å²) < 4.78 is 5.65. The lowest BCUT2D eigenvalue weighted by atomic mass is 10.1. The number of hydrogen-bond acceptors (Lipinski definition) is 5. The molecule has 31 heavy (non-hydrogen) atoms. The first-order valence-corrected chi connectivity index (χ1v) is 10.7. The van der Waals surface area contributed by atoms with Crippen molar-refractivity contribution in [2.45, 2.75) is 13.8 Å². The molecule has 7 heteroatoms. The topological polar surface area (TPSA) is 58.6 Å². The minimum atomic E-state index is -0.0203. The van der Waals surface area contributed by atoms with Crippen LogP contribution in [0.3, 0.4) is 0 Å². The normalized spacial score (nSPS) is 13.9. The largest absolute Gasteiger partial charge is 0.484 e. The molecule has 2 aromatic carbocycles. The Balaban J connectivity index is 1.29. The number of nitrogens with zero attached hydrogens (tertiary/aromatic N) is 4. The first-order chi connectivity index (χ1) is 15.0. The van der Waals surface area contributed by atoms with E-state index >= 15 is 0 Å². The molecule has 4 rings (SSSR count). The van der Waals surface area contributed by atoms with Crippen molar-refractivity contribution in [1.29, 1.82) is 0 Å². The lowest BCUT2D eigenvalue weighted by molar-refractivity contribution is -0.133. The second-order valence-electron chi connectivity index (χ2n) is 7.71. The van der Waals surface area contributed by atoms with Crippen LogP contribution in [0, 0.1) is 13.8 Å². The number of anilines is 1. The zero-order chi connectivity index (χ0) is 21.8. The highest BCUT2D eigenvalue weighted by Gasteiger charge is 2.22. The molecule has 1 saturated heterocycles. The minimum Gasteiger partial charge on any atom is -0.484 e. The van der Waals surface area contributed by atoms with E-state index in [0.717, 1.165) is 22.6 Å². The molecule has 1 aliphatic rings. The molecule has 160 valence electrons. The standard InChI is InChI=1S/C24H25ClN4O2/c1-17-3-5-19(6-4-17)22-9-10-23(27-26-22)28-11-13-29(14-12-28)24(30)16-31-20-7-8-21(25)18(2)15-20/h3-10,15H,11-14,16H2,1-2H3. The first-order valence-electron chi connectivity index (χ1n) is 10.3. The maximum absolute atomic E-state index is 12.5. The van der Waals surface area contributed by atoms with Gasteiger partial charge in [-0.25, -0.2) is 0 Å². The van der Waals surface area contributed by atoms with Gasteiger partial charge in [-0.3, -0.25) is 4.79 Å². The van der Waals surface area contributed by atoms with E-state index in [9.17, 15) is 4.79 Å². The average Bonchev–Trinajstić information content (AvgIpc) is 2.80. The third-order valence-corrected chi connectivity index (χ3v) is 5.87. The predicted molar refractivity (Wildman–Crippen MR) is 123 cm³/mol. The van der Waals surface area contributed by atoms with Gasteiger partial charge in [0.15, 0.2) is 12.4 Å². The quantitative estimate of drug-likeness (QED) is 0.601. The van der Waals surface area contributed by atoms with Crippen molar-refractivity contribution in [3.63, 3.8) is 0 Å². The smallest absolute Gasteiger partial charge is 0.260 e. The lowest BCUT2D eigenvalue weighted by Crippen LogP contribution is -2.50. The zero-order valence-corrected chi connectivity index (χ0v) is 18.5. The van der Waals surface area contributed by atoms with Crippen LogP contribution in [0.15, 0.2) is 54.6 Å². The van der Waals surface area contributed by atoms with Crippen LogP contribution in [0.1, 0.15) is 11.1 Å². The maximum atomic E-state index is 12.5. The number of aryl methyl sites for hydroxylation is 2. The first kappa shape index (κ1) is 21.1. The summed E-state index contributed by atoms with van der Waals surface area (Å²) in [7, 11) is 0. The summed E-state index contributed by atoms with van der Waals surface area (Å²) in [6.45, 7) is 6.67. The van der Waals surface area contributed by atoms with Crippen LogP contribution in [-0.2, 0) is 4.79 Å². The molecule has 0 radical (unpaired) electrons. The highest BCUT2D eigenvalue weighted by molar-refractivity contribution is 6.31. The molecule has 0 N–H and O–H groups in total. The number of carbonyl (C=O) groups excluding carboxylic acids is 1. The van der Waals surface area contributed by atoms with Gasteiger partial charge in [0.25, 0.3) is 5.91 Å². The van der Waals surface area contributed by atoms with E-state index in [1.165, 1.54) is 5.56 Å². The fourth-order valence-corrected chi connectivity index (χ4v) is 3.62. The van der Waals surface area contributed by atoms with E-state index in [1.807, 2.05) is 30.0 Å². The van der Waals surface area contributed by atoms with E-state index < -0.39 is 0 Å². The van der Waals surface area contributed by atoms with Crippen molar-refractivity contribution in [3.8, 4) is 17.0 Å². The Labute approximate surface area is 187 Å². The van der Waals surface area contributed by atoms with Gasteiger partial charge in [-0.05, 0) is 49.7 Å². The van der Waals surface area contributed by atoms with E-state index in [4.69, 9.17) is 16.3 Å². The second-order valence-corrected chi connectivity index (χ2v) is 8.12. The third kappa shape index (κ3) is 5.14. The number of carbonyl (C=O) groups is 1. The summed E-state index contributed by atoms with van der Waals surface area (Å²) in [5.41, 5.74) is 4.05. The Bertz CT molecular complexity index is 1050. The predicted octanol–water partition coefficient (Wildman–Crippen LogP) is 4.14. The summed E-state index contributed by atoms with van der Waals surface area (Å²) in [6.07, 6.45) is 0. The van der Waals surface area contributed by atoms with Gasteiger partial charge in [-0.15, -0.1) is 10.2 Å². The molecule has 3 aromatic rings. The molecule has 2 heterocycles. The lowest BCUT2D eigenvalue weighted by Gasteiger charge is -2.35. The molecule has 1 amide bonds. The Morgan fingerprint density at radius 3 is 2.35 bits per heavy atom. The van der Waals surface area contributed by atoms with Crippen LogP contribution >= 0.6 is 11.6 Å². The maximum Gasteiger partial charge on any atom is 0.260 e. The number of halogens is 1. The van der Waals surface area contributed by atoms with Crippen molar-refractivity contribution < 1.29 is 9.53 Å². The number of aromatic nitrogens is 2. The van der Waals surface area contributed by atoms with Crippen molar-refractivity contribution in [2.24, 2.45) is 0 Å². The van der Waals surface area contributed by atoms with Gasteiger partial charge in [0.2, 0.25) is 0 Å². The molecule has 0 atom stereocenters. The van der Waals surface area contributed by atoms with Crippen LogP contribution in [0.25, 0.3) is 11.3 Å². The zero-order valence-electron chi connectivity index (χ0n) is 17.7. The molecule has 0 bridgehead atoms. The molecular weight excluding hydrogens is 412 g/mol. The van der Waals surface area contributed by atoms with Gasteiger partial charge in [0.05, 0.1) is 5.69 Å². The summed E-state index contributed by atoms with van der Waals surface area (Å²) in [5.74, 6) is 1.46. The van der Waals surface area contributed by atoms with Gasteiger partial charge >= 0.3 is 0 Å². The Morgan fingerprint density at radius 1 is 0.968 bits per heavy atom. The summed E-state index contributed by atoms with van der Waals surface area (Å²) >= 11 is 6.03. The van der Waals surface area contributed by atoms with Crippen LogP contribution in [0.4, 0.5) is 5.82 Å². The van der Waals surface area contributed by atoms with Crippen LogP contribution in [0.2, 0.25) is 5.02 Å². The van der Waals surface area contributed by atoms with E-state index in [2.05, 4.69) is 46.3 Å². The monoisotopic (exact) mass is 436 g/mol. The summed E-state index contributed by atoms with van der Waals surface area (Å²) in [6, 6.07) is 17.6. The van der Waals surface area contributed by atoms with Crippen molar-refractivity contribution in [2.75, 3.05) is 37.7 Å². The molecule has 1 aromatic heterocycles. The number of amides is 1. The van der Waals surface area contributed by atoms with Crippen LogP contribution < -0.4 is 9.64 Å². The Hall–Kier alpha value is -3.12. The molecule has 1 fully saturated rings. The number of rotatable bonds is 5. The summed E-state index contributed by atoms with van der Waals surface area (Å²) in [4.78, 5) is 16.5. The SMILES string of the molecule is Cc1ccc(-c2ccc(N3CCN(C(=O)COc4ccc(Cl)c(C)c4)CC3)nn2)cc1. The van der Waals surface area contributed by atoms with E-state index in [0.29, 0.717) is 37.0 Å². The van der Waals surface area contributed by atoms with Crippen LogP contribution in [-0.4, -0.2) is 53.8 Å². The Morgan fingerprint density at radius 2 is 1.71 bits per heavy atom. The molecular formula is C24H25ClN4O2. The number of benzene rings is 2. The fraction of sp³-hybridized carbons (Fsp3) is 0.292. The van der Waals surface area contributed by atoms with E-state index in [-0.39, 0.29) is 12.5 Å². The van der Waals surface area contributed by atoms with Crippen molar-refractivity contribution >= 4 is 23.3 Å². The highest BCUT2D eigenvalue weighted by Crippen LogP contribution is 2.22.